The first kappa shape index (κ1) is 14.3. The molecule has 2 amide bonds. The summed E-state index contributed by atoms with van der Waals surface area (Å²) < 4.78 is 10.3. The molecule has 0 saturated heterocycles. The Balaban J connectivity index is 1.77. The first-order valence-corrected chi connectivity index (χ1v) is 6.51. The summed E-state index contributed by atoms with van der Waals surface area (Å²) in [7, 11) is 0. The molecular formula is C15H17NO4. The lowest BCUT2D eigenvalue weighted by Crippen LogP contribution is -2.33. The van der Waals surface area contributed by atoms with Crippen LogP contribution in [0.1, 0.15) is 27.1 Å². The second kappa shape index (κ2) is 6.86. The van der Waals surface area contributed by atoms with Crippen molar-refractivity contribution >= 4 is 11.8 Å². The molecule has 2 rings (SSSR count). The quantitative estimate of drug-likeness (QED) is 0.413. The molecular weight excluding hydrogens is 258 g/mol. The van der Waals surface area contributed by atoms with Crippen LogP contribution < -0.4 is 0 Å². The van der Waals surface area contributed by atoms with Gasteiger partial charge in [0.25, 0.3) is 11.8 Å². The van der Waals surface area contributed by atoms with Gasteiger partial charge in [0, 0.05) is 13.0 Å². The minimum atomic E-state index is -0.246. The van der Waals surface area contributed by atoms with E-state index in [1.54, 1.807) is 24.3 Å². The summed E-state index contributed by atoms with van der Waals surface area (Å²) in [6.45, 7) is 5.12. The van der Waals surface area contributed by atoms with Gasteiger partial charge in [0.2, 0.25) is 0 Å². The van der Waals surface area contributed by atoms with Crippen LogP contribution in [0, 0.1) is 0 Å². The van der Waals surface area contributed by atoms with Gasteiger partial charge in [-0.15, -0.1) is 0 Å². The average Bonchev–Trinajstić information content (AvgIpc) is 2.71. The lowest BCUT2D eigenvalue weighted by molar-refractivity contribution is 0.0545. The summed E-state index contributed by atoms with van der Waals surface area (Å²) in [5.74, 6) is -0.492. The van der Waals surface area contributed by atoms with Gasteiger partial charge < -0.3 is 9.47 Å². The molecule has 1 heterocycles. The van der Waals surface area contributed by atoms with Crippen LogP contribution in [0.4, 0.5) is 0 Å². The van der Waals surface area contributed by atoms with E-state index in [0.717, 1.165) is 6.42 Å². The zero-order chi connectivity index (χ0) is 14.4. The topological polar surface area (TPSA) is 55.8 Å². The summed E-state index contributed by atoms with van der Waals surface area (Å²) in [5.41, 5.74) is 0.939. The Labute approximate surface area is 117 Å². The molecule has 0 aromatic heterocycles. The maximum Gasteiger partial charge on any atom is 0.261 e. The first-order valence-electron chi connectivity index (χ1n) is 6.51. The number of benzene rings is 1. The van der Waals surface area contributed by atoms with E-state index >= 15 is 0 Å². The largest absolute Gasteiger partial charge is 0.502 e. The van der Waals surface area contributed by atoms with Crippen molar-refractivity contribution in [2.45, 2.75) is 6.42 Å². The number of nitrogens with zero attached hydrogens (tertiary/aromatic N) is 1. The number of amides is 2. The third-order valence-corrected chi connectivity index (χ3v) is 3.01. The number of imide groups is 1. The number of carbonyl (C=O) groups is 2. The number of rotatable bonds is 8. The van der Waals surface area contributed by atoms with Crippen LogP contribution in [-0.4, -0.2) is 43.1 Å². The molecule has 1 aromatic rings. The molecule has 5 heteroatoms. The lowest BCUT2D eigenvalue weighted by atomic mass is 10.1. The van der Waals surface area contributed by atoms with Crippen molar-refractivity contribution in [2.75, 3.05) is 26.4 Å². The maximum atomic E-state index is 12.0. The van der Waals surface area contributed by atoms with E-state index in [-0.39, 0.29) is 18.4 Å². The van der Waals surface area contributed by atoms with Crippen LogP contribution >= 0.6 is 0 Å². The summed E-state index contributed by atoms with van der Waals surface area (Å²) in [5, 5.41) is 0. The van der Waals surface area contributed by atoms with E-state index < -0.39 is 0 Å². The summed E-state index contributed by atoms with van der Waals surface area (Å²) in [6, 6.07) is 6.85. The maximum absolute atomic E-state index is 12.0. The highest BCUT2D eigenvalue weighted by atomic mass is 16.5. The van der Waals surface area contributed by atoms with Gasteiger partial charge in [0.15, 0.2) is 0 Å². The number of hydrogen-bond donors (Lipinski definition) is 0. The van der Waals surface area contributed by atoms with E-state index in [1.807, 2.05) is 0 Å². The number of fused-ring (bicyclic) bond motifs is 1. The zero-order valence-corrected chi connectivity index (χ0v) is 11.2. The van der Waals surface area contributed by atoms with E-state index in [0.29, 0.717) is 30.9 Å². The highest BCUT2D eigenvalue weighted by molar-refractivity contribution is 6.21. The Morgan fingerprint density at radius 3 is 2.30 bits per heavy atom. The van der Waals surface area contributed by atoms with Gasteiger partial charge >= 0.3 is 0 Å². The highest BCUT2D eigenvalue weighted by Crippen LogP contribution is 2.21. The zero-order valence-electron chi connectivity index (χ0n) is 11.2. The van der Waals surface area contributed by atoms with Crippen molar-refractivity contribution in [1.82, 2.24) is 4.90 Å². The molecule has 0 aliphatic carbocycles. The van der Waals surface area contributed by atoms with Crippen LogP contribution in [0.25, 0.3) is 0 Å². The second-order valence-electron chi connectivity index (χ2n) is 4.31. The van der Waals surface area contributed by atoms with Crippen molar-refractivity contribution < 1.29 is 19.1 Å². The van der Waals surface area contributed by atoms with Gasteiger partial charge in [-0.1, -0.05) is 18.7 Å². The molecule has 0 radical (unpaired) electrons. The minimum absolute atomic E-state index is 0.246. The van der Waals surface area contributed by atoms with Gasteiger partial charge in [-0.25, -0.2) is 0 Å². The molecule has 0 spiro atoms. The van der Waals surface area contributed by atoms with E-state index in [4.69, 9.17) is 9.47 Å². The fraction of sp³-hybridized carbons (Fsp3) is 0.333. The minimum Gasteiger partial charge on any atom is -0.502 e. The number of ether oxygens (including phenoxy) is 2. The van der Waals surface area contributed by atoms with Gasteiger partial charge in [-0.05, 0) is 12.1 Å². The van der Waals surface area contributed by atoms with Crippen LogP contribution in [0.3, 0.4) is 0 Å². The fourth-order valence-corrected chi connectivity index (χ4v) is 2.03. The number of carbonyl (C=O) groups excluding carboxylic acids is 2. The second-order valence-corrected chi connectivity index (χ2v) is 4.31. The lowest BCUT2D eigenvalue weighted by Gasteiger charge is -2.13. The predicted octanol–water partition coefficient (Wildman–Crippen LogP) is 1.85. The Bertz CT molecular complexity index is 477. The van der Waals surface area contributed by atoms with Gasteiger partial charge in [0.05, 0.1) is 37.1 Å². The molecule has 20 heavy (non-hydrogen) atoms. The van der Waals surface area contributed by atoms with Crippen LogP contribution in [0.2, 0.25) is 0 Å². The Morgan fingerprint density at radius 2 is 1.70 bits per heavy atom. The Morgan fingerprint density at radius 1 is 1.05 bits per heavy atom. The van der Waals surface area contributed by atoms with Crippen molar-refractivity contribution in [3.8, 4) is 0 Å². The van der Waals surface area contributed by atoms with Crippen LogP contribution in [-0.2, 0) is 9.47 Å². The van der Waals surface area contributed by atoms with E-state index in [1.165, 1.54) is 11.2 Å². The summed E-state index contributed by atoms with van der Waals surface area (Å²) >= 11 is 0. The van der Waals surface area contributed by atoms with Gasteiger partial charge in [0.1, 0.15) is 0 Å². The molecule has 0 fully saturated rings. The molecule has 1 aromatic carbocycles. The molecule has 0 atom stereocenters. The fourth-order valence-electron chi connectivity index (χ4n) is 2.03. The van der Waals surface area contributed by atoms with E-state index in [2.05, 4.69) is 6.58 Å². The third kappa shape index (κ3) is 3.05. The summed E-state index contributed by atoms with van der Waals surface area (Å²) in [6.07, 6.45) is 2.13. The Hall–Kier alpha value is -2.14. The van der Waals surface area contributed by atoms with Crippen molar-refractivity contribution in [3.63, 3.8) is 0 Å². The van der Waals surface area contributed by atoms with Crippen LogP contribution in [0.5, 0.6) is 0 Å². The summed E-state index contributed by atoms with van der Waals surface area (Å²) in [4.78, 5) is 25.3. The molecule has 1 aliphatic heterocycles. The molecule has 5 nitrogen and oxygen atoms in total. The number of hydrogen-bond acceptors (Lipinski definition) is 4. The SMILES string of the molecule is C=COCCCOCCN1C(=O)c2ccccc2C1=O. The normalized spacial score (nSPS) is 13.5. The first-order chi connectivity index (χ1) is 9.75. The van der Waals surface area contributed by atoms with Crippen molar-refractivity contribution in [2.24, 2.45) is 0 Å². The van der Waals surface area contributed by atoms with Gasteiger partial charge in [-0.3, -0.25) is 14.5 Å². The van der Waals surface area contributed by atoms with Crippen molar-refractivity contribution in [1.29, 1.82) is 0 Å². The average molecular weight is 275 g/mol. The highest BCUT2D eigenvalue weighted by Gasteiger charge is 2.34. The molecule has 0 N–H and O–H groups in total. The smallest absolute Gasteiger partial charge is 0.261 e. The monoisotopic (exact) mass is 275 g/mol. The molecule has 106 valence electrons. The van der Waals surface area contributed by atoms with Gasteiger partial charge in [-0.2, -0.15) is 0 Å². The molecule has 0 unspecified atom stereocenters. The van der Waals surface area contributed by atoms with E-state index in [9.17, 15) is 9.59 Å². The van der Waals surface area contributed by atoms with Crippen LogP contribution in [0.15, 0.2) is 37.1 Å². The third-order valence-electron chi connectivity index (χ3n) is 3.01. The molecule has 1 aliphatic rings. The molecule has 0 bridgehead atoms. The predicted molar refractivity (Wildman–Crippen MR) is 73.4 cm³/mol. The molecule has 0 saturated carbocycles. The van der Waals surface area contributed by atoms with Crippen molar-refractivity contribution in [3.05, 3.63) is 48.2 Å². The standard InChI is InChI=1S/C15H17NO4/c1-2-19-9-5-10-20-11-8-16-14(17)12-6-3-4-7-13(12)15(16)18/h2-4,6-7H,1,5,8-11H2. The Kier molecular flexibility index (Phi) is 4.90.